The number of anilines is 1. The molecule has 1 saturated heterocycles. The van der Waals surface area contributed by atoms with E-state index in [1.165, 1.54) is 0 Å². The van der Waals surface area contributed by atoms with E-state index in [4.69, 9.17) is 5.73 Å². The Hall–Kier alpha value is -3.19. The van der Waals surface area contributed by atoms with Crippen molar-refractivity contribution in [1.82, 2.24) is 9.55 Å². The quantitative estimate of drug-likeness (QED) is 0.689. The number of pyridine rings is 2. The van der Waals surface area contributed by atoms with Crippen LogP contribution >= 0.6 is 0 Å². The third-order valence-electron chi connectivity index (χ3n) is 5.73. The summed E-state index contributed by atoms with van der Waals surface area (Å²) < 4.78 is 1.65. The Morgan fingerprint density at radius 1 is 1.31 bits per heavy atom. The van der Waals surface area contributed by atoms with E-state index in [0.717, 1.165) is 47.4 Å². The normalized spacial score (nSPS) is 14.7. The Labute approximate surface area is 168 Å². The molecule has 3 heterocycles. The summed E-state index contributed by atoms with van der Waals surface area (Å²) in [6, 6.07) is 8.51. The fourth-order valence-electron chi connectivity index (χ4n) is 3.80. The first-order valence-electron chi connectivity index (χ1n) is 9.69. The molecule has 1 aliphatic rings. The van der Waals surface area contributed by atoms with Crippen LogP contribution in [0.25, 0.3) is 22.0 Å². The van der Waals surface area contributed by atoms with Crippen molar-refractivity contribution in [2.75, 3.05) is 18.0 Å². The Bertz CT molecular complexity index is 1160. The van der Waals surface area contributed by atoms with Gasteiger partial charge in [0.25, 0.3) is 5.56 Å². The summed E-state index contributed by atoms with van der Waals surface area (Å²) in [6.07, 6.45) is 3.00. The van der Waals surface area contributed by atoms with Gasteiger partial charge in [-0.05, 0) is 37.5 Å². The third-order valence-corrected chi connectivity index (χ3v) is 5.73. The molecule has 3 N–H and O–H groups in total. The fourth-order valence-corrected chi connectivity index (χ4v) is 3.80. The number of benzene rings is 1. The van der Waals surface area contributed by atoms with Gasteiger partial charge in [-0.15, -0.1) is 0 Å². The van der Waals surface area contributed by atoms with Gasteiger partial charge in [-0.25, -0.2) is 0 Å². The van der Waals surface area contributed by atoms with Gasteiger partial charge in [0.2, 0.25) is 0 Å². The molecule has 1 aliphatic heterocycles. The number of aliphatic carboxylic acids is 1. The molecule has 0 saturated carbocycles. The summed E-state index contributed by atoms with van der Waals surface area (Å²) in [5.41, 5.74) is 10.4. The zero-order chi connectivity index (χ0) is 20.7. The van der Waals surface area contributed by atoms with Crippen molar-refractivity contribution in [2.45, 2.75) is 25.8 Å². The van der Waals surface area contributed by atoms with Gasteiger partial charge in [-0.3, -0.25) is 14.6 Å². The summed E-state index contributed by atoms with van der Waals surface area (Å²) in [5, 5.41) is 10.0. The van der Waals surface area contributed by atoms with E-state index in [2.05, 4.69) is 16.0 Å². The lowest BCUT2D eigenvalue weighted by atomic mass is 9.94. The van der Waals surface area contributed by atoms with Gasteiger partial charge in [0.15, 0.2) is 0 Å². The minimum atomic E-state index is -1.04. The Morgan fingerprint density at radius 2 is 2.07 bits per heavy atom. The average molecular weight is 392 g/mol. The minimum Gasteiger partial charge on any atom is -0.480 e. The number of aromatic nitrogens is 2. The molecule has 0 unspecified atom stereocenters. The van der Waals surface area contributed by atoms with E-state index in [1.807, 2.05) is 31.2 Å². The van der Waals surface area contributed by atoms with Crippen LogP contribution in [0.3, 0.4) is 0 Å². The molecule has 29 heavy (non-hydrogen) atoms. The number of aryl methyl sites for hydroxylation is 1. The number of carboxylic acids is 1. The number of hydrogen-bond acceptors (Lipinski definition) is 5. The standard InChI is InChI=1S/C22H24N4O3/c1-13-11-18(26-9-4-10-26)19(21(27)25(13)2)16-7-6-14(12-17(23)22(28)29)15-5-3-8-24-20(15)16/h3,5-8,11,17H,4,9-10,12,23H2,1-2H3,(H,28,29)/t17-/m0/s1. The van der Waals surface area contributed by atoms with Crippen molar-refractivity contribution >= 4 is 22.6 Å². The molecule has 1 aromatic carbocycles. The number of carbonyl (C=O) groups is 1. The molecule has 4 rings (SSSR count). The number of nitrogens with two attached hydrogens (primary N) is 1. The molecule has 7 nitrogen and oxygen atoms in total. The lowest BCUT2D eigenvalue weighted by molar-refractivity contribution is -0.138. The highest BCUT2D eigenvalue weighted by atomic mass is 16.4. The zero-order valence-corrected chi connectivity index (χ0v) is 16.6. The molecule has 3 aromatic rings. The van der Waals surface area contributed by atoms with Gasteiger partial charge in [0, 0.05) is 43.0 Å². The van der Waals surface area contributed by atoms with Crippen LogP contribution in [0.1, 0.15) is 17.7 Å². The Kier molecular flexibility index (Phi) is 4.84. The van der Waals surface area contributed by atoms with Crippen LogP contribution in [0, 0.1) is 6.92 Å². The van der Waals surface area contributed by atoms with E-state index in [9.17, 15) is 14.7 Å². The van der Waals surface area contributed by atoms with E-state index >= 15 is 0 Å². The largest absolute Gasteiger partial charge is 0.480 e. The number of carboxylic acid groups (broad SMARTS) is 1. The number of nitrogens with zero attached hydrogens (tertiary/aromatic N) is 3. The molecule has 0 aliphatic carbocycles. The summed E-state index contributed by atoms with van der Waals surface area (Å²) in [7, 11) is 1.77. The van der Waals surface area contributed by atoms with Crippen molar-refractivity contribution in [3.05, 3.63) is 58.1 Å². The van der Waals surface area contributed by atoms with Crippen LogP contribution in [-0.4, -0.2) is 39.8 Å². The van der Waals surface area contributed by atoms with Crippen LogP contribution in [-0.2, 0) is 18.3 Å². The lowest BCUT2D eigenvalue weighted by Gasteiger charge is -2.35. The van der Waals surface area contributed by atoms with E-state index < -0.39 is 12.0 Å². The van der Waals surface area contributed by atoms with Gasteiger partial charge in [0.05, 0.1) is 16.8 Å². The molecule has 150 valence electrons. The molecule has 0 spiro atoms. The smallest absolute Gasteiger partial charge is 0.320 e. The molecular formula is C22H24N4O3. The molecular weight excluding hydrogens is 368 g/mol. The predicted molar refractivity (Wildman–Crippen MR) is 113 cm³/mol. The summed E-state index contributed by atoms with van der Waals surface area (Å²) >= 11 is 0. The fraction of sp³-hybridized carbons (Fsp3) is 0.318. The summed E-state index contributed by atoms with van der Waals surface area (Å²) in [5.74, 6) is -1.04. The summed E-state index contributed by atoms with van der Waals surface area (Å²) in [4.78, 5) is 31.2. The molecule has 1 atom stereocenters. The molecule has 7 heteroatoms. The molecule has 0 radical (unpaired) electrons. The second kappa shape index (κ2) is 7.33. The van der Waals surface area contributed by atoms with Gasteiger partial charge in [0.1, 0.15) is 6.04 Å². The Balaban J connectivity index is 1.96. The highest BCUT2D eigenvalue weighted by molar-refractivity contribution is 5.98. The predicted octanol–water partition coefficient (Wildman–Crippen LogP) is 2.07. The second-order valence-electron chi connectivity index (χ2n) is 7.57. The molecule has 0 bridgehead atoms. The van der Waals surface area contributed by atoms with Gasteiger partial charge in [-0.2, -0.15) is 0 Å². The molecule has 2 aromatic heterocycles. The van der Waals surface area contributed by atoms with Crippen molar-refractivity contribution in [3.8, 4) is 11.1 Å². The van der Waals surface area contributed by atoms with E-state index in [1.54, 1.807) is 17.8 Å². The molecule has 0 amide bonds. The maximum absolute atomic E-state index is 13.3. The zero-order valence-electron chi connectivity index (χ0n) is 16.6. The van der Waals surface area contributed by atoms with Crippen molar-refractivity contribution in [2.24, 2.45) is 12.8 Å². The second-order valence-corrected chi connectivity index (χ2v) is 7.57. The highest BCUT2D eigenvalue weighted by Gasteiger charge is 2.24. The van der Waals surface area contributed by atoms with Crippen molar-refractivity contribution in [1.29, 1.82) is 0 Å². The third kappa shape index (κ3) is 3.27. The van der Waals surface area contributed by atoms with Crippen molar-refractivity contribution in [3.63, 3.8) is 0 Å². The first-order valence-corrected chi connectivity index (χ1v) is 9.69. The van der Waals surface area contributed by atoms with E-state index in [0.29, 0.717) is 11.1 Å². The van der Waals surface area contributed by atoms with Crippen LogP contribution in [0.15, 0.2) is 41.3 Å². The number of rotatable bonds is 5. The van der Waals surface area contributed by atoms with Crippen LogP contribution in [0.5, 0.6) is 0 Å². The number of hydrogen-bond donors (Lipinski definition) is 2. The SMILES string of the molecule is Cc1cc(N2CCC2)c(-c2ccc(C[C@H](N)C(=O)O)c3cccnc23)c(=O)n1C. The lowest BCUT2D eigenvalue weighted by Crippen LogP contribution is -2.39. The maximum atomic E-state index is 13.3. The van der Waals surface area contributed by atoms with E-state index in [-0.39, 0.29) is 12.0 Å². The molecule has 1 fully saturated rings. The van der Waals surface area contributed by atoms with Crippen LogP contribution in [0.2, 0.25) is 0 Å². The average Bonchev–Trinajstić information content (AvgIpc) is 2.66. The monoisotopic (exact) mass is 392 g/mol. The highest BCUT2D eigenvalue weighted by Crippen LogP contribution is 2.36. The van der Waals surface area contributed by atoms with Crippen molar-refractivity contribution < 1.29 is 9.90 Å². The Morgan fingerprint density at radius 3 is 2.72 bits per heavy atom. The summed E-state index contributed by atoms with van der Waals surface area (Å²) in [6.45, 7) is 3.79. The maximum Gasteiger partial charge on any atom is 0.320 e. The minimum absolute atomic E-state index is 0.0613. The van der Waals surface area contributed by atoms with Gasteiger partial charge >= 0.3 is 5.97 Å². The van der Waals surface area contributed by atoms with Gasteiger partial charge < -0.3 is 20.3 Å². The topological polar surface area (TPSA) is 101 Å². The first-order chi connectivity index (χ1) is 13.9. The van der Waals surface area contributed by atoms with Crippen LogP contribution in [0.4, 0.5) is 5.69 Å². The first kappa shape index (κ1) is 19.1. The van der Waals surface area contributed by atoms with Gasteiger partial charge in [-0.1, -0.05) is 18.2 Å². The van der Waals surface area contributed by atoms with Crippen LogP contribution < -0.4 is 16.2 Å². The number of fused-ring (bicyclic) bond motifs is 1.